The van der Waals surface area contributed by atoms with Crippen molar-refractivity contribution in [3.05, 3.63) is 30.1 Å². The molecule has 0 aliphatic heterocycles. The van der Waals surface area contributed by atoms with Gasteiger partial charge in [0.25, 0.3) is 0 Å². The summed E-state index contributed by atoms with van der Waals surface area (Å²) in [6.45, 7) is 0. The molecule has 0 heterocycles. The van der Waals surface area contributed by atoms with E-state index < -0.39 is 0 Å². The number of halogens is 1. The average Bonchev–Trinajstić information content (AvgIpc) is 3.13. The van der Waals surface area contributed by atoms with Gasteiger partial charge in [0.15, 0.2) is 0 Å². The van der Waals surface area contributed by atoms with Gasteiger partial charge >= 0.3 is 0 Å². The molecule has 19 heavy (non-hydrogen) atoms. The third kappa shape index (κ3) is 3.10. The molecule has 2 fully saturated rings. The molecule has 4 heteroatoms. The Morgan fingerprint density at radius 1 is 1.26 bits per heavy atom. The highest BCUT2D eigenvalue weighted by atomic mass is 32.2. The molecule has 0 bridgehead atoms. The van der Waals surface area contributed by atoms with E-state index in [1.54, 1.807) is 11.8 Å². The monoisotopic (exact) mass is 276 g/mol. The largest absolute Gasteiger partial charge is 0.297 e. The Hall–Kier alpha value is -1.05. The van der Waals surface area contributed by atoms with Gasteiger partial charge < -0.3 is 0 Å². The summed E-state index contributed by atoms with van der Waals surface area (Å²) >= 11 is 1.77. The molecule has 0 spiro atoms. The van der Waals surface area contributed by atoms with Crippen LogP contribution >= 0.6 is 11.8 Å². The lowest BCUT2D eigenvalue weighted by molar-refractivity contribution is 0.420. The summed E-state index contributed by atoms with van der Waals surface area (Å²) in [5.74, 6) is -0.197. The molecule has 1 aromatic carbocycles. The summed E-state index contributed by atoms with van der Waals surface area (Å²) in [6, 6.07) is 9.69. The van der Waals surface area contributed by atoms with Gasteiger partial charge in [-0.25, -0.2) is 4.39 Å². The maximum atomic E-state index is 12.9. The van der Waals surface area contributed by atoms with Gasteiger partial charge in [-0.15, -0.1) is 11.8 Å². The van der Waals surface area contributed by atoms with Crippen LogP contribution in [0.1, 0.15) is 32.1 Å². The molecule has 2 nitrogen and oxygen atoms in total. The van der Waals surface area contributed by atoms with E-state index in [4.69, 9.17) is 0 Å². The van der Waals surface area contributed by atoms with Crippen LogP contribution in [0.25, 0.3) is 0 Å². The van der Waals surface area contributed by atoms with Crippen molar-refractivity contribution in [1.82, 2.24) is 5.32 Å². The molecule has 2 aliphatic carbocycles. The quantitative estimate of drug-likeness (QED) is 0.914. The lowest BCUT2D eigenvalue weighted by atomic mass is 10.00. The van der Waals surface area contributed by atoms with E-state index in [0.29, 0.717) is 11.3 Å². The molecule has 0 aromatic heterocycles. The van der Waals surface area contributed by atoms with Crippen LogP contribution in [-0.4, -0.2) is 16.8 Å². The minimum atomic E-state index is -0.321. The van der Waals surface area contributed by atoms with E-state index in [1.807, 2.05) is 12.1 Å². The summed E-state index contributed by atoms with van der Waals surface area (Å²) in [4.78, 5) is 1.09. The molecule has 2 unspecified atom stereocenters. The zero-order valence-electron chi connectivity index (χ0n) is 10.7. The fourth-order valence-corrected chi connectivity index (χ4v) is 3.97. The van der Waals surface area contributed by atoms with Crippen molar-refractivity contribution in [2.24, 2.45) is 0 Å². The van der Waals surface area contributed by atoms with Gasteiger partial charge in [-0.3, -0.25) is 5.32 Å². The Bertz CT molecular complexity index is 492. The van der Waals surface area contributed by atoms with Crippen LogP contribution in [0.3, 0.4) is 0 Å². The van der Waals surface area contributed by atoms with Gasteiger partial charge in [0, 0.05) is 16.2 Å². The molecule has 0 radical (unpaired) electrons. The highest BCUT2D eigenvalue weighted by Crippen LogP contribution is 2.41. The maximum absolute atomic E-state index is 12.9. The van der Waals surface area contributed by atoms with Gasteiger partial charge in [-0.05, 0) is 56.4 Å². The van der Waals surface area contributed by atoms with Gasteiger partial charge in [0.2, 0.25) is 0 Å². The number of hydrogen-bond donors (Lipinski definition) is 1. The standard InChI is InChI=1S/C15H17FN2S/c16-11-1-5-13(6-2-11)19-14-7-8-15(9-14,10-17)18-12-3-4-12/h1-2,5-6,12,14,18H,3-4,7-9H2. The molecular weight excluding hydrogens is 259 g/mol. The third-order valence-electron chi connectivity index (χ3n) is 3.86. The number of rotatable bonds is 4. The number of nitrogens with one attached hydrogen (secondary N) is 1. The Balaban J connectivity index is 1.61. The van der Waals surface area contributed by atoms with Crippen LogP contribution < -0.4 is 5.32 Å². The smallest absolute Gasteiger partial charge is 0.123 e. The number of nitrogens with zero attached hydrogens (tertiary/aromatic N) is 1. The fourth-order valence-electron chi connectivity index (χ4n) is 2.69. The predicted molar refractivity (Wildman–Crippen MR) is 74.4 cm³/mol. The molecule has 100 valence electrons. The van der Waals surface area contributed by atoms with Crippen LogP contribution in [0.4, 0.5) is 4.39 Å². The number of benzene rings is 1. The SMILES string of the molecule is N#CC1(NC2CC2)CCC(Sc2ccc(F)cc2)C1. The first-order valence-electron chi connectivity index (χ1n) is 6.80. The van der Waals surface area contributed by atoms with E-state index >= 15 is 0 Å². The summed E-state index contributed by atoms with van der Waals surface area (Å²) in [5, 5.41) is 13.4. The summed E-state index contributed by atoms with van der Waals surface area (Å²) in [7, 11) is 0. The van der Waals surface area contributed by atoms with Gasteiger partial charge in [-0.2, -0.15) is 5.26 Å². The maximum Gasteiger partial charge on any atom is 0.123 e. The second kappa shape index (κ2) is 5.15. The molecule has 2 atom stereocenters. The third-order valence-corrected chi connectivity index (χ3v) is 5.14. The van der Waals surface area contributed by atoms with Crippen molar-refractivity contribution in [3.63, 3.8) is 0 Å². The normalized spacial score (nSPS) is 30.2. The van der Waals surface area contributed by atoms with Gasteiger partial charge in [0.05, 0.1) is 6.07 Å². The number of hydrogen-bond acceptors (Lipinski definition) is 3. The minimum absolute atomic E-state index is 0.197. The van der Waals surface area contributed by atoms with Crippen molar-refractivity contribution in [2.75, 3.05) is 0 Å². The van der Waals surface area contributed by atoms with E-state index in [-0.39, 0.29) is 11.4 Å². The Labute approximate surface area is 117 Å². The zero-order valence-corrected chi connectivity index (χ0v) is 11.5. The molecule has 2 aliphatic rings. The lowest BCUT2D eigenvalue weighted by Gasteiger charge is -2.22. The predicted octanol–water partition coefficient (Wildman–Crippen LogP) is 3.48. The average molecular weight is 276 g/mol. The minimum Gasteiger partial charge on any atom is -0.297 e. The first kappa shape index (κ1) is 13.0. The first-order valence-corrected chi connectivity index (χ1v) is 7.68. The zero-order chi connectivity index (χ0) is 13.3. The summed E-state index contributed by atoms with van der Waals surface area (Å²) in [6.07, 6.45) is 5.29. The number of thioether (sulfide) groups is 1. The highest BCUT2D eigenvalue weighted by molar-refractivity contribution is 8.00. The number of nitriles is 1. The lowest BCUT2D eigenvalue weighted by Crippen LogP contribution is -2.43. The Morgan fingerprint density at radius 2 is 2.00 bits per heavy atom. The second-order valence-corrected chi connectivity index (χ2v) is 6.92. The van der Waals surface area contributed by atoms with Crippen LogP contribution in [0, 0.1) is 17.1 Å². The molecule has 3 rings (SSSR count). The van der Waals surface area contributed by atoms with Crippen LogP contribution in [0.15, 0.2) is 29.2 Å². The van der Waals surface area contributed by atoms with Crippen molar-refractivity contribution in [1.29, 1.82) is 5.26 Å². The molecule has 0 amide bonds. The van der Waals surface area contributed by atoms with Crippen molar-refractivity contribution in [2.45, 2.75) is 53.8 Å². The van der Waals surface area contributed by atoms with Crippen molar-refractivity contribution in [3.8, 4) is 6.07 Å². The van der Waals surface area contributed by atoms with E-state index in [0.717, 1.165) is 24.2 Å². The van der Waals surface area contributed by atoms with Gasteiger partial charge in [0.1, 0.15) is 11.4 Å². The van der Waals surface area contributed by atoms with Crippen molar-refractivity contribution < 1.29 is 4.39 Å². The Kier molecular flexibility index (Phi) is 3.51. The van der Waals surface area contributed by atoms with Crippen LogP contribution in [0.2, 0.25) is 0 Å². The van der Waals surface area contributed by atoms with E-state index in [9.17, 15) is 9.65 Å². The Morgan fingerprint density at radius 3 is 2.63 bits per heavy atom. The van der Waals surface area contributed by atoms with Crippen LogP contribution in [0.5, 0.6) is 0 Å². The molecule has 2 saturated carbocycles. The topological polar surface area (TPSA) is 35.8 Å². The molecule has 0 saturated heterocycles. The molecule has 1 N–H and O–H groups in total. The highest BCUT2D eigenvalue weighted by Gasteiger charge is 2.42. The molecule has 1 aromatic rings. The second-order valence-electron chi connectivity index (χ2n) is 5.55. The van der Waals surface area contributed by atoms with Gasteiger partial charge in [-0.1, -0.05) is 0 Å². The fraction of sp³-hybridized carbons (Fsp3) is 0.533. The molecular formula is C15H17FN2S. The van der Waals surface area contributed by atoms with E-state index in [1.165, 1.54) is 25.0 Å². The van der Waals surface area contributed by atoms with E-state index in [2.05, 4.69) is 11.4 Å². The first-order chi connectivity index (χ1) is 9.19. The summed E-state index contributed by atoms with van der Waals surface area (Å²) in [5.41, 5.74) is -0.321. The summed E-state index contributed by atoms with van der Waals surface area (Å²) < 4.78 is 12.9. The van der Waals surface area contributed by atoms with Crippen LogP contribution in [-0.2, 0) is 0 Å². The van der Waals surface area contributed by atoms with Crippen molar-refractivity contribution >= 4 is 11.8 Å².